The molecular weight excluding hydrogens is 384 g/mol. The number of fused-ring (bicyclic) bond motifs is 1. The van der Waals surface area contributed by atoms with Crippen molar-refractivity contribution in [1.82, 2.24) is 0 Å². The van der Waals surface area contributed by atoms with Gasteiger partial charge in [-0.05, 0) is 11.8 Å². The highest BCUT2D eigenvalue weighted by atomic mass is 16.8. The van der Waals surface area contributed by atoms with E-state index in [9.17, 15) is 25.2 Å². The average molecular weight is 412 g/mol. The van der Waals surface area contributed by atoms with Gasteiger partial charge in [0.2, 0.25) is 5.60 Å². The van der Waals surface area contributed by atoms with E-state index in [1.54, 1.807) is 6.92 Å². The topological polar surface area (TPSA) is 135 Å². The maximum Gasteiger partial charge on any atom is 0.342 e. The minimum Gasteiger partial charge on any atom is -0.457 e. The molecule has 162 valence electrons. The molecule has 0 amide bonds. The van der Waals surface area contributed by atoms with Gasteiger partial charge in [-0.3, -0.25) is 0 Å². The highest BCUT2D eigenvalue weighted by molar-refractivity contribution is 5.89. The Bertz CT molecular complexity index is 810. The van der Waals surface area contributed by atoms with Crippen molar-refractivity contribution in [3.63, 3.8) is 0 Å². The molecule has 4 N–H and O–H groups in total. The number of hydrogen-bond donors (Lipinski definition) is 4. The van der Waals surface area contributed by atoms with Crippen LogP contribution in [0.4, 0.5) is 0 Å². The molecule has 9 nitrogen and oxygen atoms in total. The highest BCUT2D eigenvalue weighted by Crippen LogP contribution is 2.84. The predicted molar refractivity (Wildman–Crippen MR) is 92.9 cm³/mol. The van der Waals surface area contributed by atoms with Crippen molar-refractivity contribution in [2.75, 3.05) is 6.61 Å². The number of aliphatic hydroxyl groups is 4. The Morgan fingerprint density at radius 3 is 2.52 bits per heavy atom. The quantitative estimate of drug-likeness (QED) is 0.366. The summed E-state index contributed by atoms with van der Waals surface area (Å²) in [5.74, 6) is -1.80. The third-order valence-electron chi connectivity index (χ3n) is 9.06. The van der Waals surface area contributed by atoms with Crippen LogP contribution >= 0.6 is 0 Å². The lowest BCUT2D eigenvalue weighted by Gasteiger charge is -2.48. The van der Waals surface area contributed by atoms with E-state index in [-0.39, 0.29) is 13.0 Å². The second-order valence-corrected chi connectivity index (χ2v) is 10.9. The molecule has 0 bridgehead atoms. The van der Waals surface area contributed by atoms with Crippen molar-refractivity contribution >= 4 is 5.97 Å². The molecule has 6 fully saturated rings. The summed E-state index contributed by atoms with van der Waals surface area (Å²) in [6.07, 6.45) is -6.79. The lowest BCUT2D eigenvalue weighted by molar-refractivity contribution is -0.263. The number of aliphatic hydroxyl groups excluding tert-OH is 3. The molecule has 4 saturated heterocycles. The van der Waals surface area contributed by atoms with Crippen LogP contribution in [0.1, 0.15) is 34.1 Å². The van der Waals surface area contributed by atoms with E-state index in [4.69, 9.17) is 18.9 Å². The monoisotopic (exact) mass is 412 g/mol. The second kappa shape index (κ2) is 4.82. The Kier molecular flexibility index (Phi) is 3.15. The molecule has 0 aromatic rings. The molecule has 2 saturated carbocycles. The van der Waals surface area contributed by atoms with Crippen molar-refractivity contribution in [3.8, 4) is 0 Å². The van der Waals surface area contributed by atoms with E-state index in [1.165, 1.54) is 0 Å². The van der Waals surface area contributed by atoms with Crippen molar-refractivity contribution in [1.29, 1.82) is 0 Å². The smallest absolute Gasteiger partial charge is 0.342 e. The van der Waals surface area contributed by atoms with Crippen LogP contribution in [0.15, 0.2) is 0 Å². The first kappa shape index (κ1) is 18.9. The van der Waals surface area contributed by atoms with Gasteiger partial charge in [0.1, 0.15) is 17.8 Å². The summed E-state index contributed by atoms with van der Waals surface area (Å²) in [5, 5.41) is 45.1. The lowest BCUT2D eigenvalue weighted by atomic mass is 9.51. The van der Waals surface area contributed by atoms with Gasteiger partial charge in [-0.2, -0.15) is 0 Å². The molecular formula is C20H28O9. The third kappa shape index (κ3) is 1.45. The Morgan fingerprint density at radius 1 is 1.17 bits per heavy atom. The number of esters is 1. The molecule has 2 spiro atoms. The molecule has 12 atom stereocenters. The summed E-state index contributed by atoms with van der Waals surface area (Å²) < 4.78 is 23.6. The summed E-state index contributed by atoms with van der Waals surface area (Å²) in [7, 11) is 0. The zero-order chi connectivity index (χ0) is 20.9. The van der Waals surface area contributed by atoms with Gasteiger partial charge >= 0.3 is 5.97 Å². The van der Waals surface area contributed by atoms with Crippen LogP contribution in [0.2, 0.25) is 0 Å². The Hall–Kier alpha value is -0.810. The summed E-state index contributed by atoms with van der Waals surface area (Å²) in [4.78, 5) is 13.4. The van der Waals surface area contributed by atoms with Crippen LogP contribution < -0.4 is 0 Å². The molecule has 0 aromatic carbocycles. The summed E-state index contributed by atoms with van der Waals surface area (Å²) in [6, 6.07) is 0. The average Bonchev–Trinajstić information content (AvgIpc) is 3.31. The zero-order valence-corrected chi connectivity index (χ0v) is 16.9. The van der Waals surface area contributed by atoms with Crippen LogP contribution in [0.25, 0.3) is 0 Å². The first-order chi connectivity index (χ1) is 13.4. The fourth-order valence-electron chi connectivity index (χ4n) is 8.45. The maximum absolute atomic E-state index is 13.4. The van der Waals surface area contributed by atoms with E-state index in [0.29, 0.717) is 0 Å². The van der Waals surface area contributed by atoms with Gasteiger partial charge < -0.3 is 39.4 Å². The number of hydrogen-bond acceptors (Lipinski definition) is 9. The SMILES string of the molecule is C[C@@H]1COC2CC34C5OC(=O)C3(OC3O[C@H](O)[C@H](O)C34C(C(C)(C)C)[C@H]5O)[C@]21O. The number of carbonyl (C=O) groups excluding carboxylic acids is 1. The van der Waals surface area contributed by atoms with Crippen molar-refractivity contribution in [2.45, 2.75) is 82.3 Å². The van der Waals surface area contributed by atoms with E-state index < -0.39 is 82.2 Å². The third-order valence-corrected chi connectivity index (χ3v) is 9.06. The molecule has 29 heavy (non-hydrogen) atoms. The van der Waals surface area contributed by atoms with Gasteiger partial charge in [0.05, 0.1) is 29.6 Å². The zero-order valence-electron chi connectivity index (χ0n) is 16.9. The molecule has 9 heteroatoms. The highest BCUT2D eigenvalue weighted by Gasteiger charge is 3.01. The largest absolute Gasteiger partial charge is 0.457 e. The second-order valence-electron chi connectivity index (χ2n) is 10.9. The Labute approximate surface area is 167 Å². The molecule has 0 aromatic heterocycles. The van der Waals surface area contributed by atoms with Gasteiger partial charge in [0.25, 0.3) is 0 Å². The summed E-state index contributed by atoms with van der Waals surface area (Å²) in [5.41, 5.74) is -6.70. The van der Waals surface area contributed by atoms with Crippen LogP contribution in [-0.2, 0) is 23.7 Å². The fraction of sp³-hybridized carbons (Fsp3) is 0.950. The molecule has 6 aliphatic rings. The summed E-state index contributed by atoms with van der Waals surface area (Å²) in [6.45, 7) is 7.82. The minimum atomic E-state index is -1.84. The molecule has 2 aliphatic carbocycles. The van der Waals surface area contributed by atoms with Crippen LogP contribution in [-0.4, -0.2) is 81.2 Å². The number of ether oxygens (including phenoxy) is 4. The van der Waals surface area contributed by atoms with Crippen LogP contribution in [0.5, 0.6) is 0 Å². The van der Waals surface area contributed by atoms with Crippen LogP contribution in [0.3, 0.4) is 0 Å². The van der Waals surface area contributed by atoms with Gasteiger partial charge in [-0.25, -0.2) is 4.79 Å². The number of carbonyl (C=O) groups is 1. The van der Waals surface area contributed by atoms with Gasteiger partial charge in [-0.1, -0.05) is 27.7 Å². The number of rotatable bonds is 0. The first-order valence-electron chi connectivity index (χ1n) is 10.3. The van der Waals surface area contributed by atoms with Crippen molar-refractivity contribution < 1.29 is 44.2 Å². The minimum absolute atomic E-state index is 0.164. The van der Waals surface area contributed by atoms with E-state index in [0.717, 1.165) is 0 Å². The Morgan fingerprint density at radius 2 is 1.86 bits per heavy atom. The van der Waals surface area contributed by atoms with Gasteiger partial charge in [0.15, 0.2) is 12.6 Å². The standard InChI is InChI=1S/C20H28O9/c1-7-6-26-8-5-17-12-9(21)10(16(2,3)4)18(17)11(22)13(23)28-15(18)29-20(17,14(24)27-12)19(7,8)25/h7-13,15,21-23,25H,5-6H2,1-4H3/t7-,8?,9-,10?,11+,12?,13+,15?,17?,18?,19-,20?/m1/s1. The van der Waals surface area contributed by atoms with E-state index in [2.05, 4.69) is 0 Å². The van der Waals surface area contributed by atoms with Crippen LogP contribution in [0, 0.1) is 28.1 Å². The van der Waals surface area contributed by atoms with Crippen molar-refractivity contribution in [2.24, 2.45) is 28.1 Å². The van der Waals surface area contributed by atoms with E-state index in [1.807, 2.05) is 20.8 Å². The van der Waals surface area contributed by atoms with Crippen molar-refractivity contribution in [3.05, 3.63) is 0 Å². The molecule has 4 aliphatic heterocycles. The molecule has 4 heterocycles. The van der Waals surface area contributed by atoms with E-state index >= 15 is 0 Å². The fourth-order valence-corrected chi connectivity index (χ4v) is 8.45. The maximum atomic E-state index is 13.4. The van der Waals surface area contributed by atoms with Gasteiger partial charge in [0, 0.05) is 11.8 Å². The van der Waals surface area contributed by atoms with Gasteiger partial charge in [-0.15, -0.1) is 0 Å². The normalized spacial score (nSPS) is 64.8. The first-order valence-corrected chi connectivity index (χ1v) is 10.3. The Balaban J connectivity index is 1.70. The molecule has 7 unspecified atom stereocenters. The molecule has 0 radical (unpaired) electrons. The lowest BCUT2D eigenvalue weighted by Crippen LogP contribution is -2.66. The predicted octanol–water partition coefficient (Wildman–Crippen LogP) is -1.10. The molecule has 6 rings (SSSR count). The summed E-state index contributed by atoms with van der Waals surface area (Å²) >= 11 is 0.